The normalized spacial score (nSPS) is 22.1. The number of hydrogen-bond donors (Lipinski definition) is 2. The number of carboxylic acid groups (broad SMARTS) is 1. The van der Waals surface area contributed by atoms with Gasteiger partial charge >= 0.3 is 5.97 Å². The van der Waals surface area contributed by atoms with Gasteiger partial charge in [0.25, 0.3) is 0 Å². The molecular weight excluding hydrogens is 208 g/mol. The van der Waals surface area contributed by atoms with E-state index in [4.69, 9.17) is 10.8 Å². The number of rotatable bonds is 5. The molecule has 0 aromatic heterocycles. The number of hydrogen-bond acceptors (Lipinski definition) is 3. The minimum atomic E-state index is -0.923. The summed E-state index contributed by atoms with van der Waals surface area (Å²) in [5.74, 6) is -1.13. The molecule has 1 aliphatic rings. The number of amides is 1. The predicted molar refractivity (Wildman–Crippen MR) is 59.9 cm³/mol. The third-order valence-electron chi connectivity index (χ3n) is 3.01. The molecule has 0 aromatic rings. The Hall–Kier alpha value is -1.10. The van der Waals surface area contributed by atoms with E-state index in [1.807, 2.05) is 6.92 Å². The summed E-state index contributed by atoms with van der Waals surface area (Å²) in [5, 5.41) is 8.96. The van der Waals surface area contributed by atoms with Crippen molar-refractivity contribution in [3.63, 3.8) is 0 Å². The number of carbonyl (C=O) groups is 2. The van der Waals surface area contributed by atoms with Crippen molar-refractivity contribution in [3.8, 4) is 0 Å². The van der Waals surface area contributed by atoms with Gasteiger partial charge in [-0.3, -0.25) is 4.79 Å². The average Bonchev–Trinajstić information content (AvgIpc) is 2.73. The number of likely N-dealkylation sites (tertiary alicyclic amines) is 1. The van der Waals surface area contributed by atoms with Crippen LogP contribution < -0.4 is 5.73 Å². The van der Waals surface area contributed by atoms with E-state index < -0.39 is 18.1 Å². The average molecular weight is 228 g/mol. The Labute approximate surface area is 95.6 Å². The van der Waals surface area contributed by atoms with Crippen molar-refractivity contribution in [1.29, 1.82) is 0 Å². The summed E-state index contributed by atoms with van der Waals surface area (Å²) in [6, 6.07) is -1.21. The van der Waals surface area contributed by atoms with E-state index in [-0.39, 0.29) is 5.91 Å². The molecule has 16 heavy (non-hydrogen) atoms. The zero-order valence-electron chi connectivity index (χ0n) is 9.69. The van der Waals surface area contributed by atoms with Gasteiger partial charge in [-0.25, -0.2) is 4.79 Å². The fraction of sp³-hybridized carbons (Fsp3) is 0.818. The fourth-order valence-electron chi connectivity index (χ4n) is 2.05. The molecule has 5 nitrogen and oxygen atoms in total. The van der Waals surface area contributed by atoms with Gasteiger partial charge in [0.15, 0.2) is 0 Å². The monoisotopic (exact) mass is 228 g/mol. The van der Waals surface area contributed by atoms with Crippen LogP contribution in [0.4, 0.5) is 0 Å². The Morgan fingerprint density at radius 1 is 1.56 bits per heavy atom. The Balaban J connectivity index is 2.55. The molecule has 1 heterocycles. The smallest absolute Gasteiger partial charge is 0.326 e. The van der Waals surface area contributed by atoms with Crippen molar-refractivity contribution >= 4 is 11.9 Å². The summed E-state index contributed by atoms with van der Waals surface area (Å²) in [5.41, 5.74) is 5.76. The Morgan fingerprint density at radius 2 is 2.25 bits per heavy atom. The highest BCUT2D eigenvalue weighted by molar-refractivity contribution is 5.87. The van der Waals surface area contributed by atoms with Crippen molar-refractivity contribution in [3.05, 3.63) is 0 Å². The standard InChI is InChI=1S/C11H20N2O3/c1-2-3-5-8(12)10(14)13-7-4-6-9(13)11(15)16/h8-9H,2-7,12H2,1H3,(H,15,16)/t8-,9+/m0/s1. The maximum atomic E-state index is 11.9. The molecule has 1 aliphatic heterocycles. The lowest BCUT2D eigenvalue weighted by atomic mass is 10.1. The highest BCUT2D eigenvalue weighted by Crippen LogP contribution is 2.19. The molecule has 0 unspecified atom stereocenters. The molecule has 3 N–H and O–H groups in total. The maximum Gasteiger partial charge on any atom is 0.326 e. The summed E-state index contributed by atoms with van der Waals surface area (Å²) in [6.45, 7) is 2.56. The van der Waals surface area contributed by atoms with Crippen LogP contribution in [0.15, 0.2) is 0 Å². The van der Waals surface area contributed by atoms with E-state index >= 15 is 0 Å². The summed E-state index contributed by atoms with van der Waals surface area (Å²) in [6.07, 6.45) is 3.82. The van der Waals surface area contributed by atoms with Gasteiger partial charge in [-0.05, 0) is 19.3 Å². The van der Waals surface area contributed by atoms with Crippen LogP contribution in [0.5, 0.6) is 0 Å². The zero-order valence-corrected chi connectivity index (χ0v) is 9.69. The van der Waals surface area contributed by atoms with Gasteiger partial charge in [-0.2, -0.15) is 0 Å². The van der Waals surface area contributed by atoms with Crippen LogP contribution in [0.1, 0.15) is 39.0 Å². The van der Waals surface area contributed by atoms with Crippen molar-refractivity contribution in [2.24, 2.45) is 5.73 Å². The second-order valence-corrected chi connectivity index (χ2v) is 4.28. The second kappa shape index (κ2) is 5.84. The van der Waals surface area contributed by atoms with Crippen LogP contribution in [0.3, 0.4) is 0 Å². The van der Waals surface area contributed by atoms with E-state index in [1.165, 1.54) is 4.90 Å². The molecular formula is C11H20N2O3. The zero-order chi connectivity index (χ0) is 12.1. The van der Waals surface area contributed by atoms with E-state index in [1.54, 1.807) is 0 Å². The molecule has 0 aromatic carbocycles. The number of nitrogens with two attached hydrogens (primary N) is 1. The fourth-order valence-corrected chi connectivity index (χ4v) is 2.05. The topological polar surface area (TPSA) is 83.6 Å². The summed E-state index contributed by atoms with van der Waals surface area (Å²) >= 11 is 0. The number of aliphatic carboxylic acids is 1. The van der Waals surface area contributed by atoms with Gasteiger partial charge in [0.1, 0.15) is 6.04 Å². The number of carboxylic acids is 1. The van der Waals surface area contributed by atoms with E-state index in [0.29, 0.717) is 19.4 Å². The highest BCUT2D eigenvalue weighted by Gasteiger charge is 2.35. The van der Waals surface area contributed by atoms with Crippen LogP contribution in [-0.2, 0) is 9.59 Å². The first-order valence-electron chi connectivity index (χ1n) is 5.86. The minimum absolute atomic E-state index is 0.210. The van der Waals surface area contributed by atoms with E-state index in [9.17, 15) is 9.59 Å². The van der Waals surface area contributed by atoms with E-state index in [0.717, 1.165) is 19.3 Å². The summed E-state index contributed by atoms with van der Waals surface area (Å²) in [4.78, 5) is 24.2. The first kappa shape index (κ1) is 13.0. The molecule has 92 valence electrons. The van der Waals surface area contributed by atoms with Gasteiger partial charge in [0.2, 0.25) is 5.91 Å². The van der Waals surface area contributed by atoms with Crippen molar-refractivity contribution in [2.45, 2.75) is 51.1 Å². The molecule has 1 saturated heterocycles. The summed E-state index contributed by atoms with van der Waals surface area (Å²) < 4.78 is 0. The first-order valence-corrected chi connectivity index (χ1v) is 5.86. The Morgan fingerprint density at radius 3 is 2.81 bits per heavy atom. The Bertz CT molecular complexity index is 268. The lowest BCUT2D eigenvalue weighted by Gasteiger charge is -2.24. The molecule has 0 aliphatic carbocycles. The van der Waals surface area contributed by atoms with Crippen molar-refractivity contribution in [1.82, 2.24) is 4.90 Å². The van der Waals surface area contributed by atoms with Crippen LogP contribution >= 0.6 is 0 Å². The van der Waals surface area contributed by atoms with Gasteiger partial charge < -0.3 is 15.7 Å². The van der Waals surface area contributed by atoms with Crippen LogP contribution in [0, 0.1) is 0 Å². The largest absolute Gasteiger partial charge is 0.480 e. The molecule has 0 saturated carbocycles. The number of unbranched alkanes of at least 4 members (excludes halogenated alkanes) is 1. The van der Waals surface area contributed by atoms with Crippen molar-refractivity contribution < 1.29 is 14.7 Å². The van der Waals surface area contributed by atoms with Gasteiger partial charge in [-0.1, -0.05) is 19.8 Å². The number of nitrogens with zero attached hydrogens (tertiary/aromatic N) is 1. The SMILES string of the molecule is CCCC[C@H](N)C(=O)N1CCC[C@@H]1C(=O)O. The van der Waals surface area contributed by atoms with Gasteiger partial charge in [0, 0.05) is 6.54 Å². The third-order valence-corrected chi connectivity index (χ3v) is 3.01. The number of carbonyl (C=O) groups excluding carboxylic acids is 1. The maximum absolute atomic E-state index is 11.9. The molecule has 0 radical (unpaired) electrons. The molecule has 0 bridgehead atoms. The quantitative estimate of drug-likeness (QED) is 0.721. The minimum Gasteiger partial charge on any atom is -0.480 e. The van der Waals surface area contributed by atoms with E-state index in [2.05, 4.69) is 0 Å². The van der Waals surface area contributed by atoms with Crippen molar-refractivity contribution in [2.75, 3.05) is 6.54 Å². The third kappa shape index (κ3) is 2.95. The molecule has 0 spiro atoms. The second-order valence-electron chi connectivity index (χ2n) is 4.28. The Kier molecular flexibility index (Phi) is 4.73. The van der Waals surface area contributed by atoms with Crippen LogP contribution in [0.25, 0.3) is 0 Å². The first-order chi connectivity index (χ1) is 7.57. The molecule has 1 fully saturated rings. The van der Waals surface area contributed by atoms with Gasteiger partial charge in [0.05, 0.1) is 6.04 Å². The lowest BCUT2D eigenvalue weighted by molar-refractivity contribution is -0.148. The van der Waals surface area contributed by atoms with Crippen LogP contribution in [0.2, 0.25) is 0 Å². The molecule has 1 amide bonds. The molecule has 1 rings (SSSR count). The molecule has 5 heteroatoms. The highest BCUT2D eigenvalue weighted by atomic mass is 16.4. The predicted octanol–water partition coefficient (Wildman–Crippen LogP) is 0.579. The summed E-state index contributed by atoms with van der Waals surface area (Å²) in [7, 11) is 0. The van der Waals surface area contributed by atoms with Crippen LogP contribution in [-0.4, -0.2) is 40.5 Å². The molecule has 2 atom stereocenters. The lowest BCUT2D eigenvalue weighted by Crippen LogP contribution is -2.48. The van der Waals surface area contributed by atoms with Gasteiger partial charge in [-0.15, -0.1) is 0 Å².